The molecule has 0 unspecified atom stereocenters. The van der Waals surface area contributed by atoms with Crippen LogP contribution in [-0.4, -0.2) is 367 Å². The second kappa shape index (κ2) is 51.9. The molecule has 149 heavy (non-hydrogen) atoms. The smallest absolute Gasteiger partial charge is 0.410 e. The summed E-state index contributed by atoms with van der Waals surface area (Å²) in [6.45, 7) is 26.4. The summed E-state index contributed by atoms with van der Waals surface area (Å²) in [5.41, 5.74) is 1.60. The summed E-state index contributed by atoms with van der Waals surface area (Å²) in [6, 6.07) is 11.0. The van der Waals surface area contributed by atoms with Crippen molar-refractivity contribution in [2.45, 2.75) is 188 Å². The number of carbonyl (C=O) groups is 4. The zero-order chi connectivity index (χ0) is 103. The number of ether oxygens (including phenoxy) is 8. The van der Waals surface area contributed by atoms with Crippen LogP contribution in [-0.2, 0) is 71.9 Å². The molecule has 19 rings (SSSR count). The van der Waals surface area contributed by atoms with Crippen molar-refractivity contribution < 1.29 is 90.7 Å². The molecule has 15 heterocycles. The number of pyridine rings is 3. The van der Waals surface area contributed by atoms with Crippen LogP contribution in [0.25, 0.3) is 6.08 Å². The van der Waals surface area contributed by atoms with Gasteiger partial charge in [-0.05, 0) is 208 Å². The molecule has 12 fully saturated rings. The number of aryl methyl sites for hydroxylation is 2. The molecule has 12 aliphatic rings. The number of aromatic nitrogens is 11. The molecule has 0 N–H and O–H groups in total. The predicted molar refractivity (Wildman–Crippen MR) is 564 cm³/mol. The first-order valence-corrected chi connectivity index (χ1v) is 57.0. The van der Waals surface area contributed by atoms with Crippen LogP contribution in [0, 0.1) is 23.7 Å². The van der Waals surface area contributed by atoms with Gasteiger partial charge in [0.1, 0.15) is 45.7 Å². The second-order valence-electron chi connectivity index (χ2n) is 40.3. The quantitative estimate of drug-likeness (QED) is 0.0345. The highest BCUT2D eigenvalue weighted by Crippen LogP contribution is 2.43. The van der Waals surface area contributed by atoms with Crippen molar-refractivity contribution in [3.8, 4) is 23.5 Å². The van der Waals surface area contributed by atoms with Crippen LogP contribution in [0.3, 0.4) is 0 Å². The maximum absolute atomic E-state index is 12.8. The Morgan fingerprint density at radius 1 is 0.329 bits per heavy atom. The number of anilines is 4. The van der Waals surface area contributed by atoms with Crippen molar-refractivity contribution in [3.63, 3.8) is 0 Å². The molecule has 0 radical (unpaired) electrons. The normalized spacial score (nSPS) is 20.2. The molecule has 7 aromatic heterocycles. The van der Waals surface area contributed by atoms with Crippen molar-refractivity contribution in [1.29, 1.82) is 0 Å². The van der Waals surface area contributed by atoms with E-state index in [2.05, 4.69) is 61.4 Å². The zero-order valence-electron chi connectivity index (χ0n) is 83.8. The molecule has 816 valence electrons. The van der Waals surface area contributed by atoms with Crippen LogP contribution in [0.15, 0.2) is 141 Å². The van der Waals surface area contributed by atoms with E-state index >= 15 is 0 Å². The number of rotatable bonds is 33. The molecule has 4 amide bonds. The Hall–Kier alpha value is -11.6. The highest BCUT2D eigenvalue weighted by atomic mass is 32.2. The summed E-state index contributed by atoms with van der Waals surface area (Å²) >= 11 is 0. The number of piperazine rings is 4. The van der Waals surface area contributed by atoms with E-state index in [0.717, 1.165) is 125 Å². The maximum Gasteiger partial charge on any atom is 0.410 e. The number of carbonyl (C=O) groups excluding carboxylic acids is 4. The van der Waals surface area contributed by atoms with Crippen molar-refractivity contribution in [3.05, 3.63) is 157 Å². The van der Waals surface area contributed by atoms with Gasteiger partial charge in [0.25, 0.3) is 0 Å². The van der Waals surface area contributed by atoms with Gasteiger partial charge >= 0.3 is 24.4 Å². The fourth-order valence-corrected chi connectivity index (χ4v) is 22.8. The molecule has 0 aromatic carbocycles. The fourth-order valence-electron chi connectivity index (χ4n) is 17.8. The topological polar surface area (TPSA) is 459 Å². The Morgan fingerprint density at radius 3 is 0.812 bits per heavy atom. The van der Waals surface area contributed by atoms with Crippen molar-refractivity contribution in [1.82, 2.24) is 91.6 Å². The van der Waals surface area contributed by atoms with Gasteiger partial charge in [-0.3, -0.25) is 15.0 Å². The van der Waals surface area contributed by atoms with E-state index in [4.69, 9.17) is 37.9 Å². The molecule has 4 saturated carbocycles. The number of piperidine rings is 4. The minimum atomic E-state index is -3.51. The van der Waals surface area contributed by atoms with Gasteiger partial charge in [-0.1, -0.05) is 47.1 Å². The van der Waals surface area contributed by atoms with Crippen LogP contribution in [0.5, 0.6) is 23.5 Å². The fraction of sp³-hybridized carbons (Fsp3) is 0.618. The molecule has 47 heteroatoms. The molecule has 8 saturated heterocycles. The summed E-state index contributed by atoms with van der Waals surface area (Å²) in [4.78, 5) is 112. The largest absolute Gasteiger partial charge is 0.476 e. The van der Waals surface area contributed by atoms with Gasteiger partial charge in [0.05, 0.1) is 87.5 Å². The Bertz CT molecular complexity index is 5750. The third-order valence-corrected chi connectivity index (χ3v) is 35.6. The van der Waals surface area contributed by atoms with Gasteiger partial charge in [-0.15, -0.1) is 0 Å². The Labute approximate surface area is 877 Å². The average molecular weight is 2150 g/mol. The molecule has 4 aliphatic carbocycles. The van der Waals surface area contributed by atoms with E-state index in [0.29, 0.717) is 267 Å². The standard InChI is InChI=1S/2C26H36N6O5S.C26H34N6O5S.C21H31N5O5S.3CH4/c3*1-26(7-8-26)37-25(33)31-10-4-22(5-11-31)20-36-24-19-28-23(18-29-24)30-12-14-32(15-13-30)38(34,35)16-6-21-3-2-9-27-17-21;1-3-32(28,29)26-12-10-24(11-13-26)18-14-23-19(15-22-18)30-16-17-4-8-25(9-5-17)20(27)31-21(2)6-7-21;;;/h2*2-3,9,17-19,22H,4-8,10-16,20H2,1H3;2-3,6,9,16-19,22H,4-5,7-8,10-15,20H2,1H3;3,14-15,17H,1,4-13,16H2,2H3;3*1H4/b;;16-6+;;;;. The molecular weight excluding hydrogens is 2000 g/mol. The molecular formula is C102H149N23O20S4. The number of hydrogen-bond acceptors (Lipinski definition) is 35. The van der Waals surface area contributed by atoms with Crippen molar-refractivity contribution in [2.24, 2.45) is 23.7 Å². The van der Waals surface area contributed by atoms with E-state index < -0.39 is 40.1 Å². The number of likely N-dealkylation sites (tertiary alicyclic amines) is 4. The van der Waals surface area contributed by atoms with Crippen LogP contribution >= 0.6 is 0 Å². The van der Waals surface area contributed by atoms with Crippen LogP contribution in [0.1, 0.15) is 169 Å². The number of sulfonamides is 4. The summed E-state index contributed by atoms with van der Waals surface area (Å²) < 4.78 is 152. The highest BCUT2D eigenvalue weighted by molar-refractivity contribution is 7.92. The number of nitrogens with zero attached hydrogens (tertiary/aromatic N) is 23. The van der Waals surface area contributed by atoms with Crippen LogP contribution < -0.4 is 38.5 Å². The van der Waals surface area contributed by atoms with E-state index in [1.54, 1.807) is 133 Å². The molecule has 0 atom stereocenters. The SMILES string of the molecule is C.C.C.C=CS(=O)(=O)N1CCN(c2cnc(OCC3CCN(C(=O)OC4(C)CC4)CC3)cn2)CC1.CC1(OC(=O)N2CCC(COc3cnc(N4CCN(S(=O)(=O)/C=C/c5cccnc5)CC4)cn3)CC2)CC1.CC1(OC(=O)N2CCC(COc3cnc(N4CCN(S(=O)(=O)CCc5cccnc5)CC4)cn3)CC2)CC1.CC1(OC(=O)N2CCC(COc3cnc(N4CCN(S(=O)(=O)CCc5cccnc5)CC4)cn3)CC2)CC1. The molecule has 8 aliphatic heterocycles. The first kappa shape index (κ1) is 114. The van der Waals surface area contributed by atoms with Gasteiger partial charge < -0.3 is 77.1 Å². The lowest BCUT2D eigenvalue weighted by Crippen LogP contribution is -2.49. The van der Waals surface area contributed by atoms with Crippen molar-refractivity contribution in [2.75, 3.05) is 215 Å². The molecule has 0 bridgehead atoms. The van der Waals surface area contributed by atoms with Gasteiger partial charge in [0.15, 0.2) is 0 Å². The van der Waals surface area contributed by atoms with Gasteiger partial charge in [-0.2, -0.15) is 17.2 Å². The molecule has 7 aromatic rings. The van der Waals surface area contributed by atoms with Crippen molar-refractivity contribution >= 4 is 93.8 Å². The third-order valence-electron chi connectivity index (χ3n) is 28.8. The summed E-state index contributed by atoms with van der Waals surface area (Å²) in [7, 11) is -13.6. The van der Waals surface area contributed by atoms with E-state index in [1.807, 2.05) is 71.6 Å². The van der Waals surface area contributed by atoms with E-state index in [1.165, 1.54) is 14.0 Å². The van der Waals surface area contributed by atoms with E-state index in [9.17, 15) is 52.8 Å². The summed E-state index contributed by atoms with van der Waals surface area (Å²) in [5.74, 6) is 6.22. The lowest BCUT2D eigenvalue weighted by molar-refractivity contribution is 0.0446. The molecule has 43 nitrogen and oxygen atoms in total. The Kier molecular flexibility index (Phi) is 39.9. The Balaban J connectivity index is 0.000000165. The monoisotopic (exact) mass is 2140 g/mol. The zero-order valence-corrected chi connectivity index (χ0v) is 87.1. The third kappa shape index (κ3) is 33.9. The lowest BCUT2D eigenvalue weighted by Gasteiger charge is -2.34. The highest BCUT2D eigenvalue weighted by Gasteiger charge is 2.47. The lowest BCUT2D eigenvalue weighted by atomic mass is 9.98. The number of amides is 4. The first-order valence-electron chi connectivity index (χ1n) is 50.8. The summed E-state index contributed by atoms with van der Waals surface area (Å²) in [5, 5.41) is 2.22. The Morgan fingerprint density at radius 2 is 0.584 bits per heavy atom. The number of hydrogen-bond donors (Lipinski definition) is 0. The summed E-state index contributed by atoms with van der Waals surface area (Å²) in [6.07, 6.45) is 39.4. The predicted octanol–water partition coefficient (Wildman–Crippen LogP) is 11.2. The average Bonchev–Trinajstić information content (AvgIpc) is 1.72. The van der Waals surface area contributed by atoms with Gasteiger partial charge in [-0.25, -0.2) is 92.7 Å². The second-order valence-corrected chi connectivity index (χ2v) is 48.2. The maximum atomic E-state index is 12.8. The molecule has 0 spiro atoms. The minimum Gasteiger partial charge on any atom is -0.476 e. The van der Waals surface area contributed by atoms with Crippen LogP contribution in [0.4, 0.5) is 42.4 Å². The van der Waals surface area contributed by atoms with Gasteiger partial charge in [0, 0.05) is 205 Å². The van der Waals surface area contributed by atoms with E-state index in [-0.39, 0.29) is 80.6 Å². The van der Waals surface area contributed by atoms with Gasteiger partial charge in [0.2, 0.25) is 63.6 Å². The minimum absolute atomic E-state index is 0. The van der Waals surface area contributed by atoms with Crippen LogP contribution in [0.2, 0.25) is 0 Å². The first-order chi connectivity index (χ1) is 70.2.